The Kier molecular flexibility index (Phi) is 5.06. The van der Waals surface area contributed by atoms with Crippen molar-refractivity contribution in [1.82, 2.24) is 15.2 Å². The third kappa shape index (κ3) is 4.48. The second-order valence-electron chi connectivity index (χ2n) is 9.77. The Morgan fingerprint density at radius 3 is 2.65 bits per heavy atom. The zero-order chi connectivity index (χ0) is 21.8. The molecule has 2 saturated carbocycles. The number of nitrogens with zero attached hydrogens (tertiary/aromatic N) is 2. The number of hydrogen-bond acceptors (Lipinski definition) is 4. The van der Waals surface area contributed by atoms with Crippen LogP contribution in [-0.4, -0.2) is 46.5 Å². The van der Waals surface area contributed by atoms with Crippen molar-refractivity contribution in [3.63, 3.8) is 0 Å². The van der Waals surface area contributed by atoms with E-state index in [1.54, 1.807) is 12.1 Å². The number of amides is 1. The minimum atomic E-state index is -0.671. The lowest BCUT2D eigenvalue weighted by Gasteiger charge is -2.23. The zero-order valence-corrected chi connectivity index (χ0v) is 17.7. The minimum Gasteiger partial charge on any atom is -0.349 e. The summed E-state index contributed by atoms with van der Waals surface area (Å²) in [5, 5.41) is 3.26. The summed E-state index contributed by atoms with van der Waals surface area (Å²) in [6, 6.07) is 7.15. The summed E-state index contributed by atoms with van der Waals surface area (Å²) in [4.78, 5) is 19.7. The number of carbonyl (C=O) groups excluding carboxylic acids is 1. The van der Waals surface area contributed by atoms with E-state index in [9.17, 15) is 13.6 Å². The maximum Gasteiger partial charge on any atom is 0.251 e. The van der Waals surface area contributed by atoms with Gasteiger partial charge in [-0.15, -0.1) is 0 Å². The number of carbonyl (C=O) groups is 1. The Labute approximate surface area is 181 Å². The third-order valence-corrected chi connectivity index (χ3v) is 6.88. The van der Waals surface area contributed by atoms with Gasteiger partial charge in [0.2, 0.25) is 0 Å². The number of aromatic nitrogens is 1. The lowest BCUT2D eigenvalue weighted by Crippen LogP contribution is -2.42. The number of benzene rings is 1. The molecule has 4 atom stereocenters. The molecule has 1 aliphatic heterocycles. The van der Waals surface area contributed by atoms with Crippen LogP contribution in [0.2, 0.25) is 0 Å². The van der Waals surface area contributed by atoms with Crippen molar-refractivity contribution in [2.24, 2.45) is 17.6 Å². The molecule has 164 valence electrons. The zero-order valence-electron chi connectivity index (χ0n) is 17.7. The van der Waals surface area contributed by atoms with E-state index in [1.807, 2.05) is 0 Å². The van der Waals surface area contributed by atoms with Crippen LogP contribution in [0, 0.1) is 23.5 Å². The second-order valence-corrected chi connectivity index (χ2v) is 9.77. The van der Waals surface area contributed by atoms with Gasteiger partial charge in [-0.1, -0.05) is 0 Å². The fourth-order valence-electron chi connectivity index (χ4n) is 5.01. The predicted molar refractivity (Wildman–Crippen MR) is 114 cm³/mol. The van der Waals surface area contributed by atoms with Gasteiger partial charge in [-0.2, -0.15) is 0 Å². The molecule has 1 aromatic carbocycles. The van der Waals surface area contributed by atoms with Gasteiger partial charge in [-0.25, -0.2) is 8.78 Å². The smallest absolute Gasteiger partial charge is 0.251 e. The first-order valence-corrected chi connectivity index (χ1v) is 11.1. The van der Waals surface area contributed by atoms with Gasteiger partial charge in [-0.3, -0.25) is 14.7 Å². The van der Waals surface area contributed by atoms with E-state index in [2.05, 4.69) is 22.1 Å². The molecule has 0 bridgehead atoms. The molecule has 0 radical (unpaired) electrons. The van der Waals surface area contributed by atoms with Gasteiger partial charge >= 0.3 is 0 Å². The van der Waals surface area contributed by atoms with Crippen LogP contribution in [0.15, 0.2) is 36.5 Å². The lowest BCUT2D eigenvalue weighted by molar-refractivity contribution is 0.0922. The summed E-state index contributed by atoms with van der Waals surface area (Å²) in [5.74, 6) is -0.506. The average molecular weight is 427 g/mol. The van der Waals surface area contributed by atoms with Crippen molar-refractivity contribution in [3.8, 4) is 11.3 Å². The Hall–Kier alpha value is -2.38. The Morgan fingerprint density at radius 2 is 2.00 bits per heavy atom. The van der Waals surface area contributed by atoms with Gasteiger partial charge < -0.3 is 11.1 Å². The van der Waals surface area contributed by atoms with E-state index < -0.39 is 11.6 Å². The molecular weight excluding hydrogens is 398 g/mol. The normalized spacial score (nSPS) is 29.0. The van der Waals surface area contributed by atoms with Gasteiger partial charge in [0, 0.05) is 54.1 Å². The number of pyridine rings is 1. The molecule has 2 heterocycles. The molecule has 7 heteroatoms. The van der Waals surface area contributed by atoms with E-state index in [4.69, 9.17) is 5.73 Å². The molecular formula is C24H28F2N4O. The summed E-state index contributed by atoms with van der Waals surface area (Å²) in [6.07, 6.45) is 5.91. The van der Waals surface area contributed by atoms with Gasteiger partial charge in [-0.05, 0) is 68.7 Å². The van der Waals surface area contributed by atoms with Crippen LogP contribution in [0.1, 0.15) is 43.0 Å². The molecule has 5 nitrogen and oxygen atoms in total. The van der Waals surface area contributed by atoms with Crippen LogP contribution in [0.25, 0.3) is 11.3 Å². The average Bonchev–Trinajstić information content (AvgIpc) is 3.64. The Balaban J connectivity index is 1.29. The summed E-state index contributed by atoms with van der Waals surface area (Å²) < 4.78 is 27.2. The van der Waals surface area contributed by atoms with Crippen LogP contribution >= 0.6 is 0 Å². The molecule has 1 amide bonds. The summed E-state index contributed by atoms with van der Waals surface area (Å²) >= 11 is 0. The first-order valence-electron chi connectivity index (χ1n) is 11.1. The monoisotopic (exact) mass is 426 g/mol. The van der Waals surface area contributed by atoms with Crippen LogP contribution in [0.3, 0.4) is 0 Å². The van der Waals surface area contributed by atoms with Crippen LogP contribution in [0.4, 0.5) is 8.78 Å². The van der Waals surface area contributed by atoms with Gasteiger partial charge in [0.15, 0.2) is 0 Å². The topological polar surface area (TPSA) is 71.2 Å². The van der Waals surface area contributed by atoms with Crippen molar-refractivity contribution in [2.75, 3.05) is 13.1 Å². The van der Waals surface area contributed by atoms with E-state index in [0.29, 0.717) is 34.7 Å². The van der Waals surface area contributed by atoms with Crippen LogP contribution in [-0.2, 0) is 0 Å². The van der Waals surface area contributed by atoms with E-state index >= 15 is 0 Å². The SMILES string of the molecule is C[C@]1(N)CCN(C2CC2C(NC(=O)c2ccnc(-c3cc(F)cc(F)c3)c2)C2CC2)C1. The number of hydrogen-bond donors (Lipinski definition) is 2. The summed E-state index contributed by atoms with van der Waals surface area (Å²) in [7, 11) is 0. The highest BCUT2D eigenvalue weighted by Crippen LogP contribution is 2.48. The number of likely N-dealkylation sites (tertiary alicyclic amines) is 1. The molecule has 0 spiro atoms. The highest BCUT2D eigenvalue weighted by molar-refractivity contribution is 5.95. The standard InChI is InChI=1S/C24H28F2N4O/c1-24(27)5-7-30(13-24)21-12-19(21)22(14-2-3-14)29-23(31)15-4-6-28-20(10-15)16-8-17(25)11-18(26)9-16/h4,6,8-11,14,19,21-22H,2-3,5,7,12-13,27H2,1H3,(H,29,31)/t19?,21?,22?,24-/m0/s1. The molecule has 1 aromatic heterocycles. The number of halogens is 2. The van der Waals surface area contributed by atoms with Crippen molar-refractivity contribution in [1.29, 1.82) is 0 Å². The number of nitrogens with two attached hydrogens (primary N) is 1. The molecule has 1 saturated heterocycles. The maximum absolute atomic E-state index is 13.6. The Bertz CT molecular complexity index is 987. The van der Waals surface area contributed by atoms with E-state index in [-0.39, 0.29) is 17.5 Å². The summed E-state index contributed by atoms with van der Waals surface area (Å²) in [6.45, 7) is 4.05. The molecule has 3 aliphatic rings. The first kappa shape index (κ1) is 20.5. The maximum atomic E-state index is 13.6. The Morgan fingerprint density at radius 1 is 1.26 bits per heavy atom. The quantitative estimate of drug-likeness (QED) is 0.743. The van der Waals surface area contributed by atoms with Gasteiger partial charge in [0.05, 0.1) is 5.69 Å². The molecule has 5 rings (SSSR count). The molecule has 3 unspecified atom stereocenters. The van der Waals surface area contributed by atoms with Crippen LogP contribution < -0.4 is 11.1 Å². The molecule has 3 N–H and O–H groups in total. The van der Waals surface area contributed by atoms with Crippen molar-refractivity contribution in [2.45, 2.75) is 50.2 Å². The molecule has 2 aromatic rings. The molecule has 31 heavy (non-hydrogen) atoms. The highest BCUT2D eigenvalue weighted by Gasteiger charge is 2.53. The fourth-order valence-corrected chi connectivity index (χ4v) is 5.01. The van der Waals surface area contributed by atoms with Gasteiger partial charge in [0.25, 0.3) is 5.91 Å². The minimum absolute atomic E-state index is 0.116. The van der Waals surface area contributed by atoms with Crippen molar-refractivity contribution >= 4 is 5.91 Å². The second kappa shape index (κ2) is 7.64. The van der Waals surface area contributed by atoms with Crippen LogP contribution in [0.5, 0.6) is 0 Å². The van der Waals surface area contributed by atoms with E-state index in [0.717, 1.165) is 44.8 Å². The predicted octanol–water partition coefficient (Wildman–Crippen LogP) is 3.35. The molecule has 2 aliphatic carbocycles. The van der Waals surface area contributed by atoms with Crippen molar-refractivity contribution in [3.05, 3.63) is 53.7 Å². The lowest BCUT2D eigenvalue weighted by atomic mass is 10.0. The fraction of sp³-hybridized carbons (Fsp3) is 0.500. The number of nitrogens with one attached hydrogen (secondary N) is 1. The van der Waals surface area contributed by atoms with Crippen molar-refractivity contribution < 1.29 is 13.6 Å². The largest absolute Gasteiger partial charge is 0.349 e. The van der Waals surface area contributed by atoms with Gasteiger partial charge in [0.1, 0.15) is 11.6 Å². The third-order valence-electron chi connectivity index (χ3n) is 6.88. The van der Waals surface area contributed by atoms with E-state index in [1.165, 1.54) is 18.3 Å². The highest BCUT2D eigenvalue weighted by atomic mass is 19.1. The number of rotatable bonds is 6. The first-order chi connectivity index (χ1) is 14.8. The summed E-state index contributed by atoms with van der Waals surface area (Å²) in [5.41, 5.74) is 7.32. The molecule has 3 fully saturated rings.